The van der Waals surface area contributed by atoms with Crippen LogP contribution in [0.25, 0.3) is 11.0 Å². The third-order valence-electron chi connectivity index (χ3n) is 4.00. The van der Waals surface area contributed by atoms with Crippen LogP contribution >= 0.6 is 0 Å². The maximum absolute atomic E-state index is 11.7. The number of aromatic nitrogens is 2. The minimum absolute atomic E-state index is 0.215. The minimum atomic E-state index is -0.495. The lowest BCUT2D eigenvalue weighted by Crippen LogP contribution is -2.33. The van der Waals surface area contributed by atoms with Crippen molar-refractivity contribution in [3.63, 3.8) is 0 Å². The maximum Gasteiger partial charge on any atom is 0.407 e. The Bertz CT molecular complexity index is 749. The highest BCUT2D eigenvalue weighted by molar-refractivity contribution is 5.82. The fourth-order valence-electron chi connectivity index (χ4n) is 2.88. The van der Waals surface area contributed by atoms with Crippen molar-refractivity contribution in [3.05, 3.63) is 24.0 Å². The molecule has 7 nitrogen and oxygen atoms in total. The Morgan fingerprint density at radius 2 is 2.12 bits per heavy atom. The smallest absolute Gasteiger partial charge is 0.407 e. The lowest BCUT2D eigenvalue weighted by Gasteiger charge is -2.20. The highest BCUT2D eigenvalue weighted by atomic mass is 16.6. The predicted molar refractivity (Wildman–Crippen MR) is 102 cm³/mol. The Labute approximate surface area is 154 Å². The van der Waals surface area contributed by atoms with E-state index in [9.17, 15) is 4.79 Å². The largest absolute Gasteiger partial charge is 0.494 e. The molecule has 2 aromatic rings. The zero-order valence-corrected chi connectivity index (χ0v) is 16.3. The molecule has 0 saturated heterocycles. The van der Waals surface area contributed by atoms with Crippen LogP contribution in [0.5, 0.6) is 5.75 Å². The summed E-state index contributed by atoms with van der Waals surface area (Å²) in [5, 5.41) is 2.76. The Morgan fingerprint density at radius 3 is 2.73 bits per heavy atom. The molecule has 1 amide bonds. The zero-order valence-electron chi connectivity index (χ0n) is 16.3. The number of ether oxygens (including phenoxy) is 2. The van der Waals surface area contributed by atoms with E-state index in [1.165, 1.54) is 0 Å². The molecule has 7 heteroatoms. The second-order valence-corrected chi connectivity index (χ2v) is 7.22. The lowest BCUT2D eigenvalue weighted by atomic mass is 10.1. The summed E-state index contributed by atoms with van der Waals surface area (Å²) in [5.74, 6) is 1.58. The van der Waals surface area contributed by atoms with Crippen molar-refractivity contribution in [3.8, 4) is 5.75 Å². The molecule has 3 N–H and O–H groups in total. The van der Waals surface area contributed by atoms with E-state index in [-0.39, 0.29) is 6.04 Å². The second kappa shape index (κ2) is 8.40. The summed E-state index contributed by atoms with van der Waals surface area (Å²) in [5.41, 5.74) is 7.73. The number of nitrogens with one attached hydrogen (secondary N) is 1. The Kier molecular flexibility index (Phi) is 6.47. The van der Waals surface area contributed by atoms with Gasteiger partial charge in [-0.15, -0.1) is 0 Å². The molecule has 0 aliphatic rings. The van der Waals surface area contributed by atoms with Crippen LogP contribution in [0.4, 0.5) is 4.79 Å². The van der Waals surface area contributed by atoms with Crippen LogP contribution < -0.4 is 15.8 Å². The molecule has 0 fully saturated rings. The number of aryl methyl sites for hydroxylation is 1. The van der Waals surface area contributed by atoms with E-state index >= 15 is 0 Å². The van der Waals surface area contributed by atoms with Gasteiger partial charge in [-0.1, -0.05) is 6.07 Å². The van der Waals surface area contributed by atoms with Gasteiger partial charge in [-0.3, -0.25) is 0 Å². The molecule has 1 aromatic carbocycles. The van der Waals surface area contributed by atoms with Crippen molar-refractivity contribution in [1.82, 2.24) is 14.9 Å². The van der Waals surface area contributed by atoms with Crippen LogP contribution in [0.2, 0.25) is 0 Å². The molecular weight excluding hydrogens is 332 g/mol. The van der Waals surface area contributed by atoms with E-state index in [0.29, 0.717) is 13.0 Å². The van der Waals surface area contributed by atoms with Crippen LogP contribution in [0, 0.1) is 0 Å². The predicted octanol–water partition coefficient (Wildman–Crippen LogP) is 3.37. The van der Waals surface area contributed by atoms with Crippen molar-refractivity contribution >= 4 is 17.1 Å². The van der Waals surface area contributed by atoms with E-state index in [0.717, 1.165) is 35.6 Å². The van der Waals surface area contributed by atoms with Crippen molar-refractivity contribution < 1.29 is 14.3 Å². The SMILES string of the molecule is CCn1c(C(N)CCCNC(=O)OC(C)(C)C)nc2c(OC)cccc21. The summed E-state index contributed by atoms with van der Waals surface area (Å²) in [4.78, 5) is 16.4. The molecule has 1 unspecified atom stereocenters. The normalized spacial score (nSPS) is 12.8. The molecule has 0 aliphatic carbocycles. The molecule has 0 spiro atoms. The van der Waals surface area contributed by atoms with Crippen LogP contribution in [0.1, 0.15) is 52.4 Å². The number of amides is 1. The van der Waals surface area contributed by atoms with Gasteiger partial charge in [0.15, 0.2) is 0 Å². The van der Waals surface area contributed by atoms with Gasteiger partial charge < -0.3 is 25.1 Å². The summed E-state index contributed by atoms with van der Waals surface area (Å²) < 4.78 is 12.7. The molecule has 0 radical (unpaired) electrons. The number of nitrogens with zero attached hydrogens (tertiary/aromatic N) is 2. The number of alkyl carbamates (subject to hydrolysis) is 1. The zero-order chi connectivity index (χ0) is 19.3. The van der Waals surface area contributed by atoms with E-state index < -0.39 is 11.7 Å². The van der Waals surface area contributed by atoms with Crippen LogP contribution in [-0.4, -0.2) is 34.9 Å². The quantitative estimate of drug-likeness (QED) is 0.737. The number of hydrogen-bond donors (Lipinski definition) is 2. The topological polar surface area (TPSA) is 91.4 Å². The highest BCUT2D eigenvalue weighted by Gasteiger charge is 2.19. The van der Waals surface area contributed by atoms with Crippen molar-refractivity contribution in [2.24, 2.45) is 5.73 Å². The number of nitrogens with two attached hydrogens (primary N) is 1. The monoisotopic (exact) mass is 362 g/mol. The average Bonchev–Trinajstić information content (AvgIpc) is 2.95. The average molecular weight is 362 g/mol. The van der Waals surface area contributed by atoms with Crippen LogP contribution in [0.3, 0.4) is 0 Å². The third-order valence-corrected chi connectivity index (χ3v) is 4.00. The third kappa shape index (κ3) is 4.88. The number of para-hydroxylation sites is 1. The van der Waals surface area contributed by atoms with Gasteiger partial charge in [-0.05, 0) is 52.7 Å². The summed E-state index contributed by atoms with van der Waals surface area (Å²) in [7, 11) is 1.64. The van der Waals surface area contributed by atoms with Gasteiger partial charge in [0.25, 0.3) is 0 Å². The van der Waals surface area contributed by atoms with E-state index in [2.05, 4.69) is 16.8 Å². The van der Waals surface area contributed by atoms with Crippen LogP contribution in [0.15, 0.2) is 18.2 Å². The summed E-state index contributed by atoms with van der Waals surface area (Å²) in [6.07, 6.45) is 1.04. The molecule has 144 valence electrons. The summed E-state index contributed by atoms with van der Waals surface area (Å²) >= 11 is 0. The molecule has 0 bridgehead atoms. The molecule has 0 aliphatic heterocycles. The fourth-order valence-corrected chi connectivity index (χ4v) is 2.88. The van der Waals surface area contributed by atoms with Gasteiger partial charge in [0.05, 0.1) is 18.7 Å². The molecular formula is C19H30N4O3. The Morgan fingerprint density at radius 1 is 1.38 bits per heavy atom. The Hall–Kier alpha value is -2.28. The summed E-state index contributed by atoms with van der Waals surface area (Å²) in [6, 6.07) is 5.66. The molecule has 0 saturated carbocycles. The standard InChI is InChI=1S/C19H30N4O3/c1-6-23-14-10-7-11-15(25-5)16(14)22-17(23)13(20)9-8-12-21-18(24)26-19(2,3)4/h7,10-11,13H,6,8-9,12,20H2,1-5H3,(H,21,24). The van der Waals surface area contributed by atoms with Gasteiger partial charge in [-0.2, -0.15) is 0 Å². The van der Waals surface area contributed by atoms with Crippen molar-refractivity contribution in [1.29, 1.82) is 0 Å². The number of hydrogen-bond acceptors (Lipinski definition) is 5. The van der Waals surface area contributed by atoms with Gasteiger partial charge in [-0.25, -0.2) is 9.78 Å². The molecule has 26 heavy (non-hydrogen) atoms. The first-order valence-corrected chi connectivity index (χ1v) is 9.02. The van der Waals surface area contributed by atoms with E-state index in [4.69, 9.17) is 20.2 Å². The van der Waals surface area contributed by atoms with Gasteiger partial charge in [0.1, 0.15) is 22.7 Å². The number of methoxy groups -OCH3 is 1. The highest BCUT2D eigenvalue weighted by Crippen LogP contribution is 2.28. The van der Waals surface area contributed by atoms with Crippen molar-refractivity contribution in [2.45, 2.75) is 58.7 Å². The van der Waals surface area contributed by atoms with E-state index in [1.807, 2.05) is 39.0 Å². The fraction of sp³-hybridized carbons (Fsp3) is 0.579. The number of benzene rings is 1. The molecule has 1 atom stereocenters. The number of fused-ring (bicyclic) bond motifs is 1. The van der Waals surface area contributed by atoms with E-state index in [1.54, 1.807) is 7.11 Å². The first-order chi connectivity index (χ1) is 12.3. The second-order valence-electron chi connectivity index (χ2n) is 7.22. The number of imidazole rings is 1. The number of carbonyl (C=O) groups is 1. The minimum Gasteiger partial charge on any atom is -0.494 e. The first-order valence-electron chi connectivity index (χ1n) is 9.02. The van der Waals surface area contributed by atoms with Crippen LogP contribution in [-0.2, 0) is 11.3 Å². The number of rotatable bonds is 7. The van der Waals surface area contributed by atoms with Gasteiger partial charge in [0.2, 0.25) is 0 Å². The van der Waals surface area contributed by atoms with Gasteiger partial charge in [0, 0.05) is 13.1 Å². The Balaban J connectivity index is 1.99. The first kappa shape index (κ1) is 20.0. The molecule has 2 rings (SSSR count). The molecule has 1 heterocycles. The maximum atomic E-state index is 11.7. The number of carbonyl (C=O) groups excluding carboxylic acids is 1. The molecule has 1 aromatic heterocycles. The lowest BCUT2D eigenvalue weighted by molar-refractivity contribution is 0.0526. The van der Waals surface area contributed by atoms with Crippen molar-refractivity contribution in [2.75, 3.05) is 13.7 Å². The summed E-state index contributed by atoms with van der Waals surface area (Å²) in [6.45, 7) is 8.88. The van der Waals surface area contributed by atoms with Gasteiger partial charge >= 0.3 is 6.09 Å².